The van der Waals surface area contributed by atoms with Gasteiger partial charge in [-0.05, 0) is 56.4 Å². The van der Waals surface area contributed by atoms with Crippen LogP contribution in [-0.4, -0.2) is 28.3 Å². The molecule has 160 valence electrons. The normalized spacial score (nSPS) is 26.1. The van der Waals surface area contributed by atoms with Crippen LogP contribution >= 0.6 is 11.6 Å². The molecule has 1 saturated carbocycles. The molecule has 8 heteroatoms. The van der Waals surface area contributed by atoms with Crippen molar-refractivity contribution in [2.24, 2.45) is 0 Å². The number of ether oxygens (including phenoxy) is 1. The van der Waals surface area contributed by atoms with Crippen molar-refractivity contribution in [1.82, 2.24) is 0 Å². The number of anilines is 1. The van der Waals surface area contributed by atoms with E-state index in [1.165, 1.54) is 24.3 Å². The highest BCUT2D eigenvalue weighted by Gasteiger charge is 2.43. The van der Waals surface area contributed by atoms with Gasteiger partial charge in [0.1, 0.15) is 24.0 Å². The molecule has 0 atom stereocenters. The highest BCUT2D eigenvalue weighted by Crippen LogP contribution is 2.43. The molecule has 4 rings (SSSR count). The van der Waals surface area contributed by atoms with E-state index in [1.54, 1.807) is 0 Å². The number of carbonyl (C=O) groups excluding carboxylic acids is 1. The number of benzene rings is 2. The number of amides is 1. The van der Waals surface area contributed by atoms with Crippen molar-refractivity contribution in [3.63, 3.8) is 0 Å². The Balaban J connectivity index is 1.45. The minimum atomic E-state index is -1.39. The van der Waals surface area contributed by atoms with Crippen LogP contribution < -0.4 is 10.1 Å². The van der Waals surface area contributed by atoms with Gasteiger partial charge in [0.15, 0.2) is 0 Å². The van der Waals surface area contributed by atoms with Crippen molar-refractivity contribution in [3.8, 4) is 5.75 Å². The van der Waals surface area contributed by atoms with Gasteiger partial charge in [0.25, 0.3) is 0 Å². The van der Waals surface area contributed by atoms with E-state index < -0.39 is 22.8 Å². The summed E-state index contributed by atoms with van der Waals surface area (Å²) in [7, 11) is 0. The van der Waals surface area contributed by atoms with Crippen LogP contribution in [0.5, 0.6) is 5.75 Å². The highest BCUT2D eigenvalue weighted by molar-refractivity contribution is 6.30. The average Bonchev–Trinajstić information content (AvgIpc) is 2.70. The van der Waals surface area contributed by atoms with E-state index >= 15 is 0 Å². The van der Waals surface area contributed by atoms with Crippen LogP contribution in [-0.2, 0) is 16.8 Å². The van der Waals surface area contributed by atoms with Gasteiger partial charge in [-0.25, -0.2) is 8.78 Å². The first kappa shape index (κ1) is 21.0. The Morgan fingerprint density at radius 3 is 2.47 bits per heavy atom. The lowest BCUT2D eigenvalue weighted by Crippen LogP contribution is -2.45. The van der Waals surface area contributed by atoms with E-state index in [0.717, 1.165) is 6.07 Å². The van der Waals surface area contributed by atoms with Gasteiger partial charge in [0.2, 0.25) is 5.91 Å². The lowest BCUT2D eigenvalue weighted by Gasteiger charge is -2.41. The molecule has 2 aliphatic rings. The van der Waals surface area contributed by atoms with E-state index in [0.29, 0.717) is 17.7 Å². The second kappa shape index (κ2) is 7.80. The molecule has 0 spiro atoms. The van der Waals surface area contributed by atoms with Gasteiger partial charge in [-0.1, -0.05) is 17.7 Å². The van der Waals surface area contributed by atoms with Crippen LogP contribution in [0.15, 0.2) is 30.3 Å². The molecule has 1 aliphatic heterocycles. The fourth-order valence-corrected chi connectivity index (χ4v) is 4.34. The molecule has 0 aromatic heterocycles. The number of hydrogen-bond acceptors (Lipinski definition) is 4. The number of rotatable bonds is 4. The summed E-state index contributed by atoms with van der Waals surface area (Å²) in [6, 6.07) is 6.86. The van der Waals surface area contributed by atoms with Gasteiger partial charge >= 0.3 is 0 Å². The molecule has 1 aliphatic carbocycles. The van der Waals surface area contributed by atoms with Crippen LogP contribution in [0.1, 0.15) is 43.2 Å². The van der Waals surface area contributed by atoms with Crippen molar-refractivity contribution in [1.29, 1.82) is 0 Å². The molecule has 0 saturated heterocycles. The molecule has 2 aromatic carbocycles. The zero-order chi connectivity index (χ0) is 21.5. The number of halogens is 3. The van der Waals surface area contributed by atoms with E-state index in [9.17, 15) is 23.8 Å². The molecule has 1 amide bonds. The minimum absolute atomic E-state index is 0.0573. The van der Waals surface area contributed by atoms with E-state index in [2.05, 4.69) is 5.32 Å². The number of hydrogen-bond donors (Lipinski definition) is 3. The van der Waals surface area contributed by atoms with E-state index in [1.807, 2.05) is 0 Å². The predicted octanol–water partition coefficient (Wildman–Crippen LogP) is 4.07. The summed E-state index contributed by atoms with van der Waals surface area (Å²) in [6.07, 6.45) is 1.29. The molecule has 1 fully saturated rings. The molecule has 0 unspecified atom stereocenters. The van der Waals surface area contributed by atoms with Crippen molar-refractivity contribution in [3.05, 3.63) is 58.1 Å². The largest absolute Gasteiger partial charge is 0.490 e. The Bertz CT molecular complexity index is 989. The second-order valence-electron chi connectivity index (χ2n) is 8.12. The Morgan fingerprint density at radius 1 is 1.03 bits per heavy atom. The molecule has 2 aromatic rings. The smallest absolute Gasteiger partial charge is 0.224 e. The molecule has 30 heavy (non-hydrogen) atoms. The summed E-state index contributed by atoms with van der Waals surface area (Å²) in [5.74, 6) is -0.953. The Labute approximate surface area is 177 Å². The van der Waals surface area contributed by atoms with E-state index in [-0.39, 0.29) is 60.9 Å². The summed E-state index contributed by atoms with van der Waals surface area (Å²) in [5.41, 5.74) is -1.76. The van der Waals surface area contributed by atoms with Gasteiger partial charge in [0, 0.05) is 22.6 Å². The third kappa shape index (κ3) is 4.02. The fraction of sp³-hybridized carbons (Fsp3) is 0.409. The molecule has 5 nitrogen and oxygen atoms in total. The lowest BCUT2D eigenvalue weighted by atomic mass is 9.73. The lowest BCUT2D eigenvalue weighted by molar-refractivity contribution is -0.116. The molecular formula is C22H22ClF2NO4. The summed E-state index contributed by atoms with van der Waals surface area (Å²) in [5, 5.41) is 24.6. The Morgan fingerprint density at radius 2 is 1.77 bits per heavy atom. The van der Waals surface area contributed by atoms with Crippen molar-refractivity contribution < 1.29 is 28.5 Å². The maximum absolute atomic E-state index is 14.3. The standard InChI is InChI=1S/C22H22ClF2NO4/c23-13-1-3-15(17(25)11-13)22(29)9-7-21(28,8-10-22)12-30-18-5-4-16(24)20-14(18)2-6-19(27)26-20/h1,3-5,11,28-29H,2,6-10,12H2,(H,26,27)/t21-,22+. The van der Waals surface area contributed by atoms with Crippen molar-refractivity contribution in [2.75, 3.05) is 11.9 Å². The summed E-state index contributed by atoms with van der Waals surface area (Å²) in [6.45, 7) is -0.0573. The Kier molecular flexibility index (Phi) is 5.46. The first-order chi connectivity index (χ1) is 14.2. The second-order valence-corrected chi connectivity index (χ2v) is 8.55. The SMILES string of the molecule is O=C1CCc2c(OC[C@]3(O)CC[C@](O)(c4ccc(Cl)cc4F)CC3)ccc(F)c2N1. The number of fused-ring (bicyclic) bond motifs is 1. The van der Waals surface area contributed by atoms with Crippen molar-refractivity contribution in [2.45, 2.75) is 49.7 Å². The third-order valence-electron chi connectivity index (χ3n) is 6.02. The summed E-state index contributed by atoms with van der Waals surface area (Å²) < 4.78 is 34.1. The summed E-state index contributed by atoms with van der Waals surface area (Å²) in [4.78, 5) is 11.5. The first-order valence-corrected chi connectivity index (χ1v) is 10.2. The van der Waals surface area contributed by atoms with Gasteiger partial charge in [-0.3, -0.25) is 4.79 Å². The van der Waals surface area contributed by atoms with Crippen LogP contribution in [0.4, 0.5) is 14.5 Å². The van der Waals surface area contributed by atoms with Crippen LogP contribution in [0.25, 0.3) is 0 Å². The quantitative estimate of drug-likeness (QED) is 0.673. The average molecular weight is 438 g/mol. The highest BCUT2D eigenvalue weighted by atomic mass is 35.5. The minimum Gasteiger partial charge on any atom is -0.490 e. The molecule has 0 bridgehead atoms. The number of aliphatic hydroxyl groups is 2. The number of nitrogens with one attached hydrogen (secondary N) is 1. The number of carbonyl (C=O) groups is 1. The van der Waals surface area contributed by atoms with Crippen molar-refractivity contribution >= 4 is 23.2 Å². The van der Waals surface area contributed by atoms with Crippen LogP contribution in [0.3, 0.4) is 0 Å². The topological polar surface area (TPSA) is 78.8 Å². The van der Waals surface area contributed by atoms with Gasteiger partial charge < -0.3 is 20.3 Å². The molecule has 0 radical (unpaired) electrons. The fourth-order valence-electron chi connectivity index (χ4n) is 4.18. The molecule has 3 N–H and O–H groups in total. The maximum Gasteiger partial charge on any atom is 0.224 e. The van der Waals surface area contributed by atoms with Crippen LogP contribution in [0.2, 0.25) is 5.02 Å². The van der Waals surface area contributed by atoms with Gasteiger partial charge in [-0.2, -0.15) is 0 Å². The maximum atomic E-state index is 14.3. The van der Waals surface area contributed by atoms with Gasteiger partial charge in [-0.15, -0.1) is 0 Å². The van der Waals surface area contributed by atoms with Gasteiger partial charge in [0.05, 0.1) is 16.9 Å². The van der Waals surface area contributed by atoms with Crippen LogP contribution in [0, 0.1) is 11.6 Å². The first-order valence-electron chi connectivity index (χ1n) is 9.83. The van der Waals surface area contributed by atoms with E-state index in [4.69, 9.17) is 16.3 Å². The zero-order valence-corrected chi connectivity index (χ0v) is 16.9. The Hall–Kier alpha value is -2.22. The molecular weight excluding hydrogens is 416 g/mol. The third-order valence-corrected chi connectivity index (χ3v) is 6.26. The monoisotopic (exact) mass is 437 g/mol. The predicted molar refractivity (Wildman–Crippen MR) is 108 cm³/mol. The summed E-state index contributed by atoms with van der Waals surface area (Å²) >= 11 is 5.79. The zero-order valence-electron chi connectivity index (χ0n) is 16.2. The molecule has 1 heterocycles.